The molecule has 0 N–H and O–H groups in total. The van der Waals surface area contributed by atoms with E-state index in [0.717, 1.165) is 0 Å². The molecular weight excluding hydrogens is 200 g/mol. The summed E-state index contributed by atoms with van der Waals surface area (Å²) in [6.07, 6.45) is 8.17. The molecule has 0 amide bonds. The summed E-state index contributed by atoms with van der Waals surface area (Å²) >= 11 is 0. The van der Waals surface area contributed by atoms with Gasteiger partial charge in [0.05, 0.1) is 12.4 Å². The average molecular weight is 218 g/mol. The number of allylic oxidation sites excluding steroid dienone is 3. The highest BCUT2D eigenvalue weighted by molar-refractivity contribution is 5.22. The predicted molar refractivity (Wildman–Crippen MR) is 67.2 cm³/mol. The number of nitrogens with zero attached hydrogens (tertiary/aromatic N) is 2. The summed E-state index contributed by atoms with van der Waals surface area (Å²) in [4.78, 5) is 8.01. The Morgan fingerprint density at radius 3 is 2.25 bits per heavy atom. The maximum Gasteiger partial charge on any atom is 0.164 e. The van der Waals surface area contributed by atoms with E-state index in [1.54, 1.807) is 30.6 Å². The average Bonchev–Trinajstić information content (AvgIpc) is 2.34. The van der Waals surface area contributed by atoms with E-state index in [-0.39, 0.29) is 0 Å². The molecule has 0 radical (unpaired) electrons. The first-order valence-electron chi connectivity index (χ1n) is 5.18. The fraction of sp³-hybridized carbons (Fsp3) is 0.231. The normalized spacial score (nSPS) is 9.81. The Bertz CT molecular complexity index is 353. The Kier molecular flexibility index (Phi) is 7.41. The van der Waals surface area contributed by atoms with Crippen LogP contribution in [0.3, 0.4) is 0 Å². The number of rotatable bonds is 4. The first-order chi connectivity index (χ1) is 7.76. The lowest BCUT2D eigenvalue weighted by atomic mass is 10.4. The van der Waals surface area contributed by atoms with Gasteiger partial charge in [-0.1, -0.05) is 33.1 Å². The summed E-state index contributed by atoms with van der Waals surface area (Å²) in [6.45, 7) is 13.0. The second-order valence-electron chi connectivity index (χ2n) is 2.58. The largest absolute Gasteiger partial charge is 0.454 e. The smallest absolute Gasteiger partial charge is 0.164 e. The number of aryl methyl sites for hydroxylation is 1. The van der Waals surface area contributed by atoms with Crippen molar-refractivity contribution < 1.29 is 4.74 Å². The minimum atomic E-state index is 0.587. The van der Waals surface area contributed by atoms with Crippen LogP contribution >= 0.6 is 0 Å². The molecule has 0 saturated heterocycles. The van der Waals surface area contributed by atoms with Gasteiger partial charge in [0, 0.05) is 0 Å². The first kappa shape index (κ1) is 14.1. The van der Waals surface area contributed by atoms with Gasteiger partial charge in [-0.15, -0.1) is 0 Å². The molecule has 1 heterocycles. The zero-order valence-corrected chi connectivity index (χ0v) is 10.1. The maximum atomic E-state index is 5.41. The van der Waals surface area contributed by atoms with Gasteiger partial charge < -0.3 is 4.74 Å². The minimum Gasteiger partial charge on any atom is -0.454 e. The molecule has 1 rings (SSSR count). The maximum absolute atomic E-state index is 5.41. The summed E-state index contributed by atoms with van der Waals surface area (Å²) in [5, 5.41) is 0. The van der Waals surface area contributed by atoms with Crippen LogP contribution in [-0.2, 0) is 0 Å². The van der Waals surface area contributed by atoms with Crippen LogP contribution in [0.4, 0.5) is 0 Å². The standard InChI is InChI=1S/C11H12N2O.C2H6/c1-4-6-10(5-2)14-11-7-12-9(3)13-8-11;1-2/h4-8H,1-2H2,3H3;1-2H3/b10-6+;. The highest BCUT2D eigenvalue weighted by Gasteiger charge is 1.96. The predicted octanol–water partition coefficient (Wildman–Crippen LogP) is 3.45. The van der Waals surface area contributed by atoms with Gasteiger partial charge >= 0.3 is 0 Å². The Morgan fingerprint density at radius 1 is 1.25 bits per heavy atom. The van der Waals surface area contributed by atoms with Crippen LogP contribution in [-0.4, -0.2) is 9.97 Å². The van der Waals surface area contributed by atoms with Crippen LogP contribution in [0.15, 0.2) is 49.5 Å². The number of hydrogen-bond donors (Lipinski definition) is 0. The van der Waals surface area contributed by atoms with E-state index in [2.05, 4.69) is 23.1 Å². The SMILES string of the molecule is C=C/C=C(\C=C)Oc1cnc(C)nc1.CC. The van der Waals surface area contributed by atoms with Crippen molar-refractivity contribution >= 4 is 0 Å². The third-order valence-electron chi connectivity index (χ3n) is 1.48. The summed E-state index contributed by atoms with van der Waals surface area (Å²) in [5.74, 6) is 1.92. The molecule has 0 fully saturated rings. The van der Waals surface area contributed by atoms with Crippen molar-refractivity contribution in [3.8, 4) is 5.75 Å². The molecule has 0 aliphatic carbocycles. The Balaban J connectivity index is 0.00000106. The zero-order valence-electron chi connectivity index (χ0n) is 10.1. The zero-order chi connectivity index (χ0) is 12.4. The molecule has 0 aliphatic heterocycles. The van der Waals surface area contributed by atoms with Gasteiger partial charge in [-0.3, -0.25) is 0 Å². The number of hydrogen-bond acceptors (Lipinski definition) is 3. The molecule has 3 nitrogen and oxygen atoms in total. The summed E-state index contributed by atoms with van der Waals surface area (Å²) in [6, 6.07) is 0. The van der Waals surface area contributed by atoms with Gasteiger partial charge in [0.1, 0.15) is 11.6 Å². The Hall–Kier alpha value is -1.90. The van der Waals surface area contributed by atoms with Gasteiger partial charge in [-0.05, 0) is 19.1 Å². The van der Waals surface area contributed by atoms with Crippen LogP contribution in [0.1, 0.15) is 19.7 Å². The molecule has 1 aromatic heterocycles. The van der Waals surface area contributed by atoms with Crippen molar-refractivity contribution in [2.75, 3.05) is 0 Å². The summed E-state index contributed by atoms with van der Waals surface area (Å²) in [5.41, 5.74) is 0. The highest BCUT2D eigenvalue weighted by atomic mass is 16.5. The molecule has 0 unspecified atom stereocenters. The van der Waals surface area contributed by atoms with Crippen molar-refractivity contribution in [2.24, 2.45) is 0 Å². The molecule has 0 aromatic carbocycles. The monoisotopic (exact) mass is 218 g/mol. The molecule has 1 aromatic rings. The minimum absolute atomic E-state index is 0.587. The van der Waals surface area contributed by atoms with Crippen LogP contribution in [0.2, 0.25) is 0 Å². The van der Waals surface area contributed by atoms with E-state index in [0.29, 0.717) is 17.3 Å². The lowest BCUT2D eigenvalue weighted by Gasteiger charge is -2.04. The van der Waals surface area contributed by atoms with Gasteiger partial charge in [0.25, 0.3) is 0 Å². The molecule has 0 spiro atoms. The van der Waals surface area contributed by atoms with E-state index in [1.165, 1.54) is 0 Å². The summed E-state index contributed by atoms with van der Waals surface area (Å²) in [7, 11) is 0. The molecule has 0 bridgehead atoms. The van der Waals surface area contributed by atoms with Gasteiger partial charge in [0.2, 0.25) is 0 Å². The molecule has 3 heteroatoms. The topological polar surface area (TPSA) is 35.0 Å². The quantitative estimate of drug-likeness (QED) is 0.573. The third-order valence-corrected chi connectivity index (χ3v) is 1.48. The first-order valence-corrected chi connectivity index (χ1v) is 5.18. The second-order valence-corrected chi connectivity index (χ2v) is 2.58. The van der Waals surface area contributed by atoms with E-state index in [1.807, 2.05) is 20.8 Å². The van der Waals surface area contributed by atoms with Gasteiger partial charge in [-0.2, -0.15) is 0 Å². The van der Waals surface area contributed by atoms with E-state index in [9.17, 15) is 0 Å². The van der Waals surface area contributed by atoms with Crippen LogP contribution in [0, 0.1) is 6.92 Å². The molecular formula is C13H18N2O. The number of aromatic nitrogens is 2. The molecule has 86 valence electrons. The lowest BCUT2D eigenvalue weighted by molar-refractivity contribution is 0.440. The molecule has 0 aliphatic rings. The van der Waals surface area contributed by atoms with Crippen molar-refractivity contribution in [3.05, 3.63) is 55.4 Å². The van der Waals surface area contributed by atoms with Crippen LogP contribution < -0.4 is 4.74 Å². The number of ether oxygens (including phenoxy) is 1. The molecule has 0 saturated carbocycles. The van der Waals surface area contributed by atoms with Gasteiger partial charge in [-0.25, -0.2) is 9.97 Å². The van der Waals surface area contributed by atoms with Crippen LogP contribution in [0.25, 0.3) is 0 Å². The third kappa shape index (κ3) is 5.10. The molecule has 0 atom stereocenters. The Morgan fingerprint density at radius 2 is 1.81 bits per heavy atom. The van der Waals surface area contributed by atoms with E-state index >= 15 is 0 Å². The Labute approximate surface area is 97.2 Å². The van der Waals surface area contributed by atoms with Crippen molar-refractivity contribution in [2.45, 2.75) is 20.8 Å². The van der Waals surface area contributed by atoms with E-state index in [4.69, 9.17) is 4.74 Å². The van der Waals surface area contributed by atoms with Crippen LogP contribution in [0.5, 0.6) is 5.75 Å². The summed E-state index contributed by atoms with van der Waals surface area (Å²) < 4.78 is 5.41. The van der Waals surface area contributed by atoms with Crippen molar-refractivity contribution in [3.63, 3.8) is 0 Å². The van der Waals surface area contributed by atoms with E-state index < -0.39 is 0 Å². The fourth-order valence-electron chi connectivity index (χ4n) is 0.829. The molecule has 16 heavy (non-hydrogen) atoms. The lowest BCUT2D eigenvalue weighted by Crippen LogP contribution is -1.94. The van der Waals surface area contributed by atoms with Crippen molar-refractivity contribution in [1.82, 2.24) is 9.97 Å². The van der Waals surface area contributed by atoms with Crippen molar-refractivity contribution in [1.29, 1.82) is 0 Å². The fourth-order valence-corrected chi connectivity index (χ4v) is 0.829. The second kappa shape index (κ2) is 8.41. The van der Waals surface area contributed by atoms with Gasteiger partial charge in [0.15, 0.2) is 5.75 Å². The highest BCUT2D eigenvalue weighted by Crippen LogP contribution is 2.11.